The van der Waals surface area contributed by atoms with Crippen LogP contribution in [-0.2, 0) is 0 Å². The summed E-state index contributed by atoms with van der Waals surface area (Å²) < 4.78 is 0. The molecule has 2 aromatic carbocycles. The predicted octanol–water partition coefficient (Wildman–Crippen LogP) is 4.09. The number of fused-ring (bicyclic) bond motifs is 1. The maximum Gasteiger partial charge on any atom is 0.170 e. The van der Waals surface area contributed by atoms with Crippen LogP contribution in [0, 0.1) is 11.3 Å². The van der Waals surface area contributed by atoms with Crippen molar-refractivity contribution >= 4 is 28.4 Å². The van der Waals surface area contributed by atoms with Gasteiger partial charge in [-0.25, -0.2) is 4.98 Å². The van der Waals surface area contributed by atoms with Crippen molar-refractivity contribution in [3.63, 3.8) is 0 Å². The first-order valence-corrected chi connectivity index (χ1v) is 11.4. The van der Waals surface area contributed by atoms with Crippen LogP contribution in [0.4, 0.5) is 11.4 Å². The number of nitriles is 1. The van der Waals surface area contributed by atoms with E-state index in [4.69, 9.17) is 11.0 Å². The number of piperidine rings is 1. The number of benzene rings is 2. The maximum atomic E-state index is 11.1. The van der Waals surface area contributed by atoms with E-state index in [2.05, 4.69) is 41.2 Å². The lowest BCUT2D eigenvalue weighted by molar-refractivity contribution is 0.112. The number of hydrogen-bond donors (Lipinski definition) is 3. The lowest BCUT2D eigenvalue weighted by atomic mass is 10.0. The Bertz CT molecular complexity index is 1190. The minimum Gasteiger partial charge on any atom is -0.397 e. The summed E-state index contributed by atoms with van der Waals surface area (Å²) in [6.07, 6.45) is 3.28. The summed E-state index contributed by atoms with van der Waals surface area (Å²) in [5, 5.41) is 17.4. The number of aldehydes is 1. The SMILES string of the molecule is C=C(C#N)CNc1cccc2ccc(-c3ccc(N)c(C=O)n3)cc12.CNC1CCN(C)CC1. The van der Waals surface area contributed by atoms with Gasteiger partial charge in [0.1, 0.15) is 5.69 Å². The largest absolute Gasteiger partial charge is 0.397 e. The van der Waals surface area contributed by atoms with Crippen LogP contribution in [0.25, 0.3) is 22.0 Å². The minimum absolute atomic E-state index is 0.231. The summed E-state index contributed by atoms with van der Waals surface area (Å²) in [4.78, 5) is 17.8. The molecular weight excluding hydrogens is 424 g/mol. The fourth-order valence-corrected chi connectivity index (χ4v) is 3.87. The van der Waals surface area contributed by atoms with E-state index in [1.54, 1.807) is 12.1 Å². The van der Waals surface area contributed by atoms with E-state index in [9.17, 15) is 4.79 Å². The Morgan fingerprint density at radius 2 is 2.03 bits per heavy atom. The molecular formula is C27H32N6O. The van der Waals surface area contributed by atoms with Gasteiger partial charge in [-0.3, -0.25) is 4.79 Å². The summed E-state index contributed by atoms with van der Waals surface area (Å²) in [5.41, 5.74) is 9.25. The van der Waals surface area contributed by atoms with Gasteiger partial charge in [-0.05, 0) is 69.7 Å². The van der Waals surface area contributed by atoms with Gasteiger partial charge < -0.3 is 21.3 Å². The maximum absolute atomic E-state index is 11.1. The number of rotatable bonds is 6. The van der Waals surface area contributed by atoms with Gasteiger partial charge in [-0.1, -0.05) is 30.8 Å². The number of pyridine rings is 1. The molecule has 1 aliphatic rings. The highest BCUT2D eigenvalue weighted by Gasteiger charge is 2.13. The van der Waals surface area contributed by atoms with Gasteiger partial charge in [0.05, 0.1) is 17.5 Å². The third kappa shape index (κ3) is 6.41. The number of likely N-dealkylation sites (tertiary alicyclic amines) is 1. The van der Waals surface area contributed by atoms with E-state index in [1.807, 2.05) is 42.5 Å². The third-order valence-electron chi connectivity index (χ3n) is 6.02. The van der Waals surface area contributed by atoms with E-state index >= 15 is 0 Å². The molecule has 0 bridgehead atoms. The van der Waals surface area contributed by atoms with Gasteiger partial charge >= 0.3 is 0 Å². The number of aromatic nitrogens is 1. The van der Waals surface area contributed by atoms with Crippen molar-refractivity contribution in [2.75, 3.05) is 44.8 Å². The molecule has 34 heavy (non-hydrogen) atoms. The second-order valence-electron chi connectivity index (χ2n) is 8.47. The van der Waals surface area contributed by atoms with E-state index in [-0.39, 0.29) is 5.69 Å². The zero-order chi connectivity index (χ0) is 24.5. The Kier molecular flexibility index (Phi) is 8.74. The van der Waals surface area contributed by atoms with E-state index in [0.29, 0.717) is 29.8 Å². The molecule has 1 saturated heterocycles. The Morgan fingerprint density at radius 1 is 1.26 bits per heavy atom. The predicted molar refractivity (Wildman–Crippen MR) is 140 cm³/mol. The molecule has 0 radical (unpaired) electrons. The van der Waals surface area contributed by atoms with Crippen molar-refractivity contribution in [3.05, 3.63) is 66.4 Å². The van der Waals surface area contributed by atoms with Crippen molar-refractivity contribution in [1.82, 2.24) is 15.2 Å². The van der Waals surface area contributed by atoms with Gasteiger partial charge in [0.15, 0.2) is 6.29 Å². The second kappa shape index (κ2) is 11.9. The van der Waals surface area contributed by atoms with Gasteiger partial charge in [-0.15, -0.1) is 0 Å². The molecule has 3 aromatic rings. The molecule has 1 aliphatic heterocycles. The average molecular weight is 457 g/mol. The summed E-state index contributed by atoms with van der Waals surface area (Å²) in [6, 6.07) is 18.1. The smallest absolute Gasteiger partial charge is 0.170 e. The van der Waals surface area contributed by atoms with Gasteiger partial charge in [0.2, 0.25) is 0 Å². The summed E-state index contributed by atoms with van der Waals surface area (Å²) in [5.74, 6) is 0. The van der Waals surface area contributed by atoms with Crippen molar-refractivity contribution in [2.45, 2.75) is 18.9 Å². The van der Waals surface area contributed by atoms with Crippen molar-refractivity contribution in [2.24, 2.45) is 0 Å². The summed E-state index contributed by atoms with van der Waals surface area (Å²) >= 11 is 0. The second-order valence-corrected chi connectivity index (χ2v) is 8.47. The quantitative estimate of drug-likeness (QED) is 0.379. The van der Waals surface area contributed by atoms with Crippen LogP contribution in [0.15, 0.2) is 60.7 Å². The first kappa shape index (κ1) is 24.9. The van der Waals surface area contributed by atoms with Crippen molar-refractivity contribution in [3.8, 4) is 17.3 Å². The van der Waals surface area contributed by atoms with Gasteiger partial charge in [0.25, 0.3) is 0 Å². The molecule has 7 nitrogen and oxygen atoms in total. The van der Waals surface area contributed by atoms with Crippen LogP contribution in [0.3, 0.4) is 0 Å². The highest BCUT2D eigenvalue weighted by molar-refractivity contribution is 5.96. The Morgan fingerprint density at radius 3 is 2.71 bits per heavy atom. The molecule has 7 heteroatoms. The zero-order valence-corrected chi connectivity index (χ0v) is 19.8. The molecule has 0 amide bonds. The number of anilines is 2. The summed E-state index contributed by atoms with van der Waals surface area (Å²) in [7, 11) is 4.24. The highest BCUT2D eigenvalue weighted by Crippen LogP contribution is 2.29. The Hall–Kier alpha value is -3.73. The third-order valence-corrected chi connectivity index (χ3v) is 6.02. The highest BCUT2D eigenvalue weighted by atomic mass is 16.1. The molecule has 0 unspecified atom stereocenters. The molecule has 0 atom stereocenters. The Labute approximate surface area is 201 Å². The number of nitrogen functional groups attached to an aromatic ring is 1. The molecule has 0 aliphatic carbocycles. The number of carbonyl (C=O) groups is 1. The number of nitrogens with two attached hydrogens (primary N) is 1. The van der Waals surface area contributed by atoms with Crippen LogP contribution >= 0.6 is 0 Å². The van der Waals surface area contributed by atoms with Crippen LogP contribution in [0.2, 0.25) is 0 Å². The van der Waals surface area contributed by atoms with Crippen molar-refractivity contribution in [1.29, 1.82) is 5.26 Å². The average Bonchev–Trinajstić information content (AvgIpc) is 2.88. The van der Waals surface area contributed by atoms with Gasteiger partial charge in [0, 0.05) is 34.8 Å². The number of hydrogen-bond acceptors (Lipinski definition) is 7. The number of nitrogens with one attached hydrogen (secondary N) is 2. The topological polar surface area (TPSA) is 107 Å². The van der Waals surface area contributed by atoms with E-state index < -0.39 is 0 Å². The first-order chi connectivity index (χ1) is 16.4. The molecule has 1 fully saturated rings. The minimum atomic E-state index is 0.231. The fraction of sp³-hybridized carbons (Fsp3) is 0.296. The molecule has 0 spiro atoms. The van der Waals surface area contributed by atoms with Crippen LogP contribution < -0.4 is 16.4 Å². The van der Waals surface area contributed by atoms with E-state index in [0.717, 1.165) is 28.1 Å². The monoisotopic (exact) mass is 456 g/mol. The number of nitrogens with zero attached hydrogens (tertiary/aromatic N) is 3. The van der Waals surface area contributed by atoms with Crippen LogP contribution in [0.5, 0.6) is 0 Å². The Balaban J connectivity index is 0.000000302. The fourth-order valence-electron chi connectivity index (χ4n) is 3.87. The van der Waals surface area contributed by atoms with Gasteiger partial charge in [-0.2, -0.15) is 5.26 Å². The zero-order valence-electron chi connectivity index (χ0n) is 19.8. The van der Waals surface area contributed by atoms with E-state index in [1.165, 1.54) is 25.9 Å². The molecule has 0 saturated carbocycles. The first-order valence-electron chi connectivity index (χ1n) is 11.4. The normalized spacial score (nSPS) is 14.0. The molecule has 4 rings (SSSR count). The number of carbonyl (C=O) groups excluding carboxylic acids is 1. The lowest BCUT2D eigenvalue weighted by Gasteiger charge is -2.28. The molecule has 4 N–H and O–H groups in total. The lowest BCUT2D eigenvalue weighted by Crippen LogP contribution is -2.39. The molecule has 1 aromatic heterocycles. The standard InChI is InChI=1S/C20H16N4O.C7H16N2/c1-13(10-21)11-23-19-4-2-3-14-5-6-15(9-16(14)19)18-8-7-17(22)20(12-25)24-18;1-8-7-3-5-9(2)6-4-7/h2-9,12,23H,1,11,22H2;7-8H,3-6H2,1-2H3. The van der Waals surface area contributed by atoms with Crippen LogP contribution in [0.1, 0.15) is 23.3 Å². The summed E-state index contributed by atoms with van der Waals surface area (Å²) in [6.45, 7) is 6.58. The van der Waals surface area contributed by atoms with Crippen LogP contribution in [-0.4, -0.2) is 55.9 Å². The van der Waals surface area contributed by atoms with Crippen molar-refractivity contribution < 1.29 is 4.79 Å². The molecule has 176 valence electrons. The molecule has 2 heterocycles.